The maximum absolute atomic E-state index is 12.5. The Labute approximate surface area is 147 Å². The molecule has 0 radical (unpaired) electrons. The van der Waals surface area contributed by atoms with Gasteiger partial charge in [-0.3, -0.25) is 4.79 Å². The molecule has 1 unspecified atom stereocenters. The first kappa shape index (κ1) is 16.7. The zero-order valence-electron chi connectivity index (χ0n) is 14.4. The van der Waals surface area contributed by atoms with Crippen molar-refractivity contribution in [3.63, 3.8) is 0 Å². The summed E-state index contributed by atoms with van der Waals surface area (Å²) in [5.41, 5.74) is 7.51. The van der Waals surface area contributed by atoms with Crippen molar-refractivity contribution in [1.29, 1.82) is 0 Å². The van der Waals surface area contributed by atoms with Gasteiger partial charge in [0.2, 0.25) is 5.91 Å². The molecule has 25 heavy (non-hydrogen) atoms. The molecule has 2 aromatic carbocycles. The van der Waals surface area contributed by atoms with E-state index in [1.54, 1.807) is 29.3 Å². The summed E-state index contributed by atoms with van der Waals surface area (Å²) in [5, 5.41) is 2.37. The summed E-state index contributed by atoms with van der Waals surface area (Å²) < 4.78 is 0. The standard InChI is InChI=1S/C21H21N3O/c1-15(18-10-9-17-5-3-4-6-19(17)13-18)24(2)21(25)12-8-16-7-11-20(22)23-14-16/h3-15H,1-2H3,(H2,22,23)/b12-8+. The second-order valence-electron chi connectivity index (χ2n) is 6.08. The Bertz CT molecular complexity index is 916. The minimum atomic E-state index is -0.0579. The molecule has 0 aliphatic heterocycles. The fraction of sp³-hybridized carbons (Fsp3) is 0.143. The summed E-state index contributed by atoms with van der Waals surface area (Å²) in [6, 6.07) is 18.0. The van der Waals surface area contributed by atoms with Gasteiger partial charge < -0.3 is 10.6 Å². The number of nitrogen functional groups attached to an aromatic ring is 1. The highest BCUT2D eigenvalue weighted by atomic mass is 16.2. The van der Waals surface area contributed by atoms with Crippen LogP contribution in [0.25, 0.3) is 16.8 Å². The molecule has 1 heterocycles. The Balaban J connectivity index is 1.74. The molecular weight excluding hydrogens is 310 g/mol. The normalized spacial score (nSPS) is 12.4. The van der Waals surface area contributed by atoms with Crippen molar-refractivity contribution in [1.82, 2.24) is 9.88 Å². The van der Waals surface area contributed by atoms with Crippen LogP contribution in [0.3, 0.4) is 0 Å². The number of likely N-dealkylation sites (N-methyl/N-ethyl adjacent to an activating group) is 1. The van der Waals surface area contributed by atoms with Crippen LogP contribution in [0.15, 0.2) is 66.9 Å². The third-order valence-electron chi connectivity index (χ3n) is 4.41. The lowest BCUT2D eigenvalue weighted by Crippen LogP contribution is -2.27. The highest BCUT2D eigenvalue weighted by Gasteiger charge is 2.15. The van der Waals surface area contributed by atoms with Crippen molar-refractivity contribution in [3.8, 4) is 0 Å². The number of rotatable bonds is 4. The topological polar surface area (TPSA) is 59.2 Å². The van der Waals surface area contributed by atoms with Crippen molar-refractivity contribution in [2.75, 3.05) is 12.8 Å². The largest absolute Gasteiger partial charge is 0.384 e. The third kappa shape index (κ3) is 3.86. The first-order valence-corrected chi connectivity index (χ1v) is 8.20. The summed E-state index contributed by atoms with van der Waals surface area (Å²) in [5.74, 6) is 0.406. The molecule has 126 valence electrons. The minimum Gasteiger partial charge on any atom is -0.384 e. The SMILES string of the molecule is CC(c1ccc2ccccc2c1)N(C)C(=O)/C=C/c1ccc(N)nc1. The van der Waals surface area contributed by atoms with Crippen LogP contribution in [0.5, 0.6) is 0 Å². The number of nitrogens with two attached hydrogens (primary N) is 1. The summed E-state index contributed by atoms with van der Waals surface area (Å²) in [6.45, 7) is 2.03. The van der Waals surface area contributed by atoms with Gasteiger partial charge in [0.25, 0.3) is 0 Å². The van der Waals surface area contributed by atoms with Gasteiger partial charge in [-0.1, -0.05) is 36.4 Å². The average Bonchev–Trinajstić information content (AvgIpc) is 2.65. The quantitative estimate of drug-likeness (QED) is 0.734. The van der Waals surface area contributed by atoms with E-state index in [9.17, 15) is 4.79 Å². The molecule has 4 nitrogen and oxygen atoms in total. The Morgan fingerprint density at radius 1 is 1.12 bits per heavy atom. The Morgan fingerprint density at radius 2 is 1.88 bits per heavy atom. The average molecular weight is 331 g/mol. The fourth-order valence-electron chi connectivity index (χ4n) is 2.68. The van der Waals surface area contributed by atoms with Crippen molar-refractivity contribution >= 4 is 28.6 Å². The van der Waals surface area contributed by atoms with Gasteiger partial charge in [-0.2, -0.15) is 0 Å². The molecule has 0 bridgehead atoms. The molecule has 0 aliphatic carbocycles. The fourth-order valence-corrected chi connectivity index (χ4v) is 2.68. The molecule has 0 saturated heterocycles. The first-order chi connectivity index (χ1) is 12.0. The Kier molecular flexibility index (Phi) is 4.80. The number of carbonyl (C=O) groups excluding carboxylic acids is 1. The van der Waals surface area contributed by atoms with Crippen molar-refractivity contribution in [2.24, 2.45) is 0 Å². The maximum atomic E-state index is 12.5. The van der Waals surface area contributed by atoms with Crippen LogP contribution in [0.1, 0.15) is 24.1 Å². The van der Waals surface area contributed by atoms with Gasteiger partial charge >= 0.3 is 0 Å². The van der Waals surface area contributed by atoms with Crippen molar-refractivity contribution in [3.05, 3.63) is 78.0 Å². The number of fused-ring (bicyclic) bond motifs is 1. The zero-order valence-corrected chi connectivity index (χ0v) is 14.4. The molecular formula is C21H21N3O. The van der Waals surface area contributed by atoms with E-state index in [-0.39, 0.29) is 11.9 Å². The van der Waals surface area contributed by atoms with Gasteiger partial charge in [-0.05, 0) is 53.1 Å². The van der Waals surface area contributed by atoms with E-state index in [1.807, 2.05) is 32.2 Å². The lowest BCUT2D eigenvalue weighted by molar-refractivity contribution is -0.126. The number of benzene rings is 2. The second kappa shape index (κ2) is 7.18. The molecule has 1 amide bonds. The van der Waals surface area contributed by atoms with Crippen LogP contribution < -0.4 is 5.73 Å². The summed E-state index contributed by atoms with van der Waals surface area (Å²) in [7, 11) is 1.81. The van der Waals surface area contributed by atoms with Crippen LogP contribution in [0.2, 0.25) is 0 Å². The molecule has 4 heteroatoms. The van der Waals surface area contributed by atoms with E-state index >= 15 is 0 Å². The molecule has 3 rings (SSSR count). The highest BCUT2D eigenvalue weighted by molar-refractivity contribution is 5.92. The number of aromatic nitrogens is 1. The highest BCUT2D eigenvalue weighted by Crippen LogP contribution is 2.24. The molecule has 1 aromatic heterocycles. The first-order valence-electron chi connectivity index (χ1n) is 8.20. The third-order valence-corrected chi connectivity index (χ3v) is 4.41. The monoisotopic (exact) mass is 331 g/mol. The van der Waals surface area contributed by atoms with Gasteiger partial charge in [0, 0.05) is 19.3 Å². The van der Waals surface area contributed by atoms with Crippen LogP contribution in [0.4, 0.5) is 5.82 Å². The Morgan fingerprint density at radius 3 is 2.60 bits per heavy atom. The number of anilines is 1. The summed E-state index contributed by atoms with van der Waals surface area (Å²) in [4.78, 5) is 18.2. The van der Waals surface area contributed by atoms with E-state index in [2.05, 4.69) is 35.3 Å². The number of carbonyl (C=O) groups is 1. The van der Waals surface area contributed by atoms with Crippen molar-refractivity contribution < 1.29 is 4.79 Å². The van der Waals surface area contributed by atoms with E-state index < -0.39 is 0 Å². The lowest BCUT2D eigenvalue weighted by Gasteiger charge is -2.24. The number of hydrogen-bond donors (Lipinski definition) is 1. The van der Waals surface area contributed by atoms with Gasteiger partial charge in [0.1, 0.15) is 5.82 Å². The molecule has 0 spiro atoms. The van der Waals surface area contributed by atoms with Gasteiger partial charge in [0.15, 0.2) is 0 Å². The molecule has 2 N–H and O–H groups in total. The number of pyridine rings is 1. The number of hydrogen-bond acceptors (Lipinski definition) is 3. The van der Waals surface area contributed by atoms with Gasteiger partial charge in [-0.15, -0.1) is 0 Å². The van der Waals surface area contributed by atoms with Gasteiger partial charge in [-0.25, -0.2) is 4.98 Å². The van der Waals surface area contributed by atoms with Crippen LogP contribution >= 0.6 is 0 Å². The van der Waals surface area contributed by atoms with E-state index in [0.29, 0.717) is 5.82 Å². The van der Waals surface area contributed by atoms with E-state index in [1.165, 1.54) is 10.8 Å². The van der Waals surface area contributed by atoms with Crippen LogP contribution in [0, 0.1) is 0 Å². The summed E-state index contributed by atoms with van der Waals surface area (Å²) in [6.07, 6.45) is 4.95. The predicted molar refractivity (Wildman–Crippen MR) is 103 cm³/mol. The van der Waals surface area contributed by atoms with E-state index in [4.69, 9.17) is 5.73 Å². The number of amides is 1. The molecule has 0 aliphatic rings. The predicted octanol–water partition coefficient (Wildman–Crippen LogP) is 4.05. The van der Waals surface area contributed by atoms with E-state index in [0.717, 1.165) is 11.1 Å². The molecule has 0 saturated carbocycles. The molecule has 0 fully saturated rings. The number of nitrogens with zero attached hydrogens (tertiary/aromatic N) is 2. The zero-order chi connectivity index (χ0) is 17.8. The smallest absolute Gasteiger partial charge is 0.246 e. The maximum Gasteiger partial charge on any atom is 0.246 e. The van der Waals surface area contributed by atoms with Crippen LogP contribution in [-0.2, 0) is 4.79 Å². The van der Waals surface area contributed by atoms with Gasteiger partial charge in [0.05, 0.1) is 6.04 Å². The lowest BCUT2D eigenvalue weighted by atomic mass is 10.0. The molecule has 1 atom stereocenters. The summed E-state index contributed by atoms with van der Waals surface area (Å²) >= 11 is 0. The second-order valence-corrected chi connectivity index (χ2v) is 6.08. The van der Waals surface area contributed by atoms with Crippen LogP contribution in [-0.4, -0.2) is 22.8 Å². The Hall–Kier alpha value is -3.14. The molecule has 3 aromatic rings. The van der Waals surface area contributed by atoms with Crippen molar-refractivity contribution in [2.45, 2.75) is 13.0 Å². The minimum absolute atomic E-state index is 0.0219.